The third-order valence-corrected chi connectivity index (χ3v) is 7.29. The number of nitrogens with zero attached hydrogens (tertiary/aromatic N) is 1. The van der Waals surface area contributed by atoms with Crippen LogP contribution in [0.4, 0.5) is 0 Å². The van der Waals surface area contributed by atoms with Crippen LogP contribution in [0.3, 0.4) is 0 Å². The van der Waals surface area contributed by atoms with Crippen molar-refractivity contribution in [2.75, 3.05) is 13.1 Å². The molecule has 0 bridgehead atoms. The second-order valence-corrected chi connectivity index (χ2v) is 9.96. The minimum Gasteiger partial charge on any atom is -0.490 e. The highest BCUT2D eigenvalue weighted by Crippen LogP contribution is 2.47. The van der Waals surface area contributed by atoms with Gasteiger partial charge in [-0.15, -0.1) is 0 Å². The number of aliphatic hydroxyl groups is 1. The van der Waals surface area contributed by atoms with Crippen molar-refractivity contribution in [2.24, 2.45) is 11.3 Å². The molecular formula is C23H31NO3. The fourth-order valence-corrected chi connectivity index (χ4v) is 5.44. The van der Waals surface area contributed by atoms with Crippen molar-refractivity contribution in [1.82, 2.24) is 4.90 Å². The second kappa shape index (κ2) is 6.23. The Kier molecular flexibility index (Phi) is 4.05. The monoisotopic (exact) mass is 369 g/mol. The molecule has 1 aliphatic heterocycles. The summed E-state index contributed by atoms with van der Waals surface area (Å²) in [6.07, 6.45) is 8.72. The Morgan fingerprint density at radius 3 is 2.48 bits per heavy atom. The van der Waals surface area contributed by atoms with Crippen LogP contribution in [0.2, 0.25) is 0 Å². The average Bonchev–Trinajstić information content (AvgIpc) is 3.43. The van der Waals surface area contributed by atoms with Crippen LogP contribution in [0, 0.1) is 11.3 Å². The van der Waals surface area contributed by atoms with E-state index in [4.69, 9.17) is 4.74 Å². The molecular weight excluding hydrogens is 338 g/mol. The molecule has 4 fully saturated rings. The summed E-state index contributed by atoms with van der Waals surface area (Å²) < 4.78 is 6.29. The zero-order chi connectivity index (χ0) is 18.6. The van der Waals surface area contributed by atoms with E-state index >= 15 is 0 Å². The minimum absolute atomic E-state index is 0.0516. The lowest BCUT2D eigenvalue weighted by Crippen LogP contribution is -2.63. The molecule has 4 heteroatoms. The molecule has 1 amide bonds. The lowest BCUT2D eigenvalue weighted by molar-refractivity contribution is -0.164. The molecule has 1 spiro atoms. The summed E-state index contributed by atoms with van der Waals surface area (Å²) in [5.41, 5.74) is 1.15. The molecule has 146 valence electrons. The summed E-state index contributed by atoms with van der Waals surface area (Å²) >= 11 is 0. The van der Waals surface area contributed by atoms with Crippen molar-refractivity contribution in [3.8, 4) is 5.75 Å². The van der Waals surface area contributed by atoms with Gasteiger partial charge in [0.1, 0.15) is 5.75 Å². The van der Waals surface area contributed by atoms with E-state index in [-0.39, 0.29) is 11.8 Å². The maximum Gasteiger partial charge on any atom is 0.225 e. The van der Waals surface area contributed by atoms with Gasteiger partial charge in [0, 0.05) is 24.4 Å². The Morgan fingerprint density at radius 2 is 1.85 bits per heavy atom. The van der Waals surface area contributed by atoms with E-state index in [9.17, 15) is 9.90 Å². The molecule has 1 heterocycles. The van der Waals surface area contributed by atoms with Gasteiger partial charge in [0.15, 0.2) is 0 Å². The minimum atomic E-state index is -0.616. The first-order valence-corrected chi connectivity index (χ1v) is 10.7. The number of hydrogen-bond acceptors (Lipinski definition) is 3. The number of carbonyl (C=O) groups excluding carboxylic acids is 1. The Bertz CT molecular complexity index is 715. The lowest BCUT2D eigenvalue weighted by atomic mass is 9.66. The van der Waals surface area contributed by atoms with Gasteiger partial charge in [-0.25, -0.2) is 0 Å². The first kappa shape index (κ1) is 17.5. The summed E-state index contributed by atoms with van der Waals surface area (Å²) in [7, 11) is 0. The smallest absolute Gasteiger partial charge is 0.225 e. The highest BCUT2D eigenvalue weighted by molar-refractivity contribution is 5.81. The Morgan fingerprint density at radius 1 is 1.15 bits per heavy atom. The predicted octanol–water partition coefficient (Wildman–Crippen LogP) is 3.88. The van der Waals surface area contributed by atoms with E-state index in [2.05, 4.69) is 24.3 Å². The van der Waals surface area contributed by atoms with E-state index in [0.717, 1.165) is 50.4 Å². The van der Waals surface area contributed by atoms with Gasteiger partial charge in [0.25, 0.3) is 0 Å². The van der Waals surface area contributed by atoms with Crippen molar-refractivity contribution >= 4 is 5.91 Å². The van der Waals surface area contributed by atoms with Crippen LogP contribution in [0.25, 0.3) is 0 Å². The highest BCUT2D eigenvalue weighted by Gasteiger charge is 2.51. The molecule has 3 saturated carbocycles. The van der Waals surface area contributed by atoms with Gasteiger partial charge in [-0.05, 0) is 81.9 Å². The maximum absolute atomic E-state index is 12.5. The molecule has 27 heavy (non-hydrogen) atoms. The fourth-order valence-electron chi connectivity index (χ4n) is 5.44. The van der Waals surface area contributed by atoms with Crippen molar-refractivity contribution in [2.45, 2.75) is 75.9 Å². The number of rotatable bonds is 4. The number of benzene rings is 1. The number of likely N-dealkylation sites (tertiary alicyclic amines) is 1. The zero-order valence-corrected chi connectivity index (χ0v) is 16.3. The summed E-state index contributed by atoms with van der Waals surface area (Å²) in [5.74, 6) is 2.11. The lowest BCUT2D eigenvalue weighted by Gasteiger charge is -2.55. The molecule has 1 N–H and O–H groups in total. The average molecular weight is 370 g/mol. The Labute approximate surface area is 161 Å². The maximum atomic E-state index is 12.5. The number of hydrogen-bond donors (Lipinski definition) is 1. The van der Waals surface area contributed by atoms with Crippen LogP contribution in [-0.4, -0.2) is 40.7 Å². The van der Waals surface area contributed by atoms with Gasteiger partial charge in [-0.1, -0.05) is 12.1 Å². The third-order valence-electron chi connectivity index (χ3n) is 7.29. The Balaban J connectivity index is 1.10. The molecule has 4 aliphatic rings. The molecule has 1 aromatic carbocycles. The van der Waals surface area contributed by atoms with Crippen LogP contribution < -0.4 is 4.74 Å². The van der Waals surface area contributed by atoms with E-state index in [1.807, 2.05) is 11.8 Å². The van der Waals surface area contributed by atoms with Crippen LogP contribution >= 0.6 is 0 Å². The van der Waals surface area contributed by atoms with E-state index in [0.29, 0.717) is 24.4 Å². The molecule has 1 saturated heterocycles. The molecule has 3 aliphatic carbocycles. The first-order chi connectivity index (χ1) is 12.9. The summed E-state index contributed by atoms with van der Waals surface area (Å²) in [6, 6.07) is 8.68. The molecule has 0 aromatic heterocycles. The largest absolute Gasteiger partial charge is 0.490 e. The van der Waals surface area contributed by atoms with Gasteiger partial charge >= 0.3 is 0 Å². The van der Waals surface area contributed by atoms with Gasteiger partial charge in [-0.2, -0.15) is 0 Å². The van der Waals surface area contributed by atoms with Crippen molar-refractivity contribution in [3.05, 3.63) is 29.8 Å². The molecule has 0 radical (unpaired) electrons. The van der Waals surface area contributed by atoms with E-state index < -0.39 is 5.60 Å². The van der Waals surface area contributed by atoms with E-state index in [1.54, 1.807) is 0 Å². The summed E-state index contributed by atoms with van der Waals surface area (Å²) in [5, 5.41) is 9.86. The molecule has 0 atom stereocenters. The predicted molar refractivity (Wildman–Crippen MR) is 104 cm³/mol. The number of amides is 1. The quantitative estimate of drug-likeness (QED) is 0.876. The van der Waals surface area contributed by atoms with Crippen LogP contribution in [0.1, 0.15) is 69.8 Å². The van der Waals surface area contributed by atoms with Crippen LogP contribution in [-0.2, 0) is 4.79 Å². The van der Waals surface area contributed by atoms with Gasteiger partial charge in [0.2, 0.25) is 5.91 Å². The summed E-state index contributed by atoms with van der Waals surface area (Å²) in [4.78, 5) is 14.5. The number of ether oxygens (including phenoxy) is 1. The van der Waals surface area contributed by atoms with E-state index in [1.165, 1.54) is 18.4 Å². The summed E-state index contributed by atoms with van der Waals surface area (Å²) in [6.45, 7) is 3.65. The molecule has 0 unspecified atom stereocenters. The second-order valence-electron chi connectivity index (χ2n) is 9.96. The van der Waals surface area contributed by atoms with Crippen molar-refractivity contribution in [1.29, 1.82) is 0 Å². The van der Waals surface area contributed by atoms with Gasteiger partial charge in [-0.3, -0.25) is 4.79 Å². The standard InChI is InChI=1S/C23H31NO3/c1-22(26)12-18(13-22)21(25)24-14-23(15-24)9-7-19(8-10-23)27-20-4-2-3-17(11-20)16-5-6-16/h2-4,11,16,18-19,26H,5-10,12-15H2,1H3. The van der Waals surface area contributed by atoms with Crippen LogP contribution in [0.15, 0.2) is 24.3 Å². The third kappa shape index (κ3) is 3.49. The SMILES string of the molecule is CC1(O)CC(C(=O)N2CC3(CCC(Oc4cccc(C5CC5)c4)CC3)C2)C1. The van der Waals surface area contributed by atoms with Gasteiger partial charge < -0.3 is 14.7 Å². The number of carbonyl (C=O) groups is 1. The zero-order valence-electron chi connectivity index (χ0n) is 16.3. The first-order valence-electron chi connectivity index (χ1n) is 10.7. The van der Waals surface area contributed by atoms with Gasteiger partial charge in [0.05, 0.1) is 11.7 Å². The highest BCUT2D eigenvalue weighted by atomic mass is 16.5. The van der Waals surface area contributed by atoms with Crippen LogP contribution in [0.5, 0.6) is 5.75 Å². The topological polar surface area (TPSA) is 49.8 Å². The molecule has 1 aromatic rings. The van der Waals surface area contributed by atoms with Crippen molar-refractivity contribution in [3.63, 3.8) is 0 Å². The molecule has 5 rings (SSSR count). The van der Waals surface area contributed by atoms with Crippen molar-refractivity contribution < 1.29 is 14.6 Å². The fraction of sp³-hybridized carbons (Fsp3) is 0.696. The Hall–Kier alpha value is -1.55. The molecule has 4 nitrogen and oxygen atoms in total. The normalized spacial score (nSPS) is 32.7.